The predicted molar refractivity (Wildman–Crippen MR) is 142 cm³/mol. The smallest absolute Gasteiger partial charge is 0.414 e. The van der Waals surface area contributed by atoms with Crippen LogP contribution in [0.4, 0.5) is 29.7 Å². The average Bonchev–Trinajstić information content (AvgIpc) is 3.22. The highest BCUT2D eigenvalue weighted by Gasteiger charge is 2.44. The molecule has 1 unspecified atom stereocenters. The van der Waals surface area contributed by atoms with E-state index in [-0.39, 0.29) is 68.7 Å². The van der Waals surface area contributed by atoms with Gasteiger partial charge in [0, 0.05) is 39.3 Å². The van der Waals surface area contributed by atoms with Crippen LogP contribution < -0.4 is 20.4 Å². The van der Waals surface area contributed by atoms with Crippen molar-refractivity contribution >= 4 is 35.3 Å². The molecular weight excluding hydrogens is 530 g/mol. The van der Waals surface area contributed by atoms with E-state index in [1.165, 1.54) is 18.9 Å². The third-order valence-electron chi connectivity index (χ3n) is 6.87. The van der Waals surface area contributed by atoms with E-state index in [0.29, 0.717) is 0 Å². The van der Waals surface area contributed by atoms with Gasteiger partial charge in [-0.1, -0.05) is 0 Å². The average molecular weight is 569 g/mol. The van der Waals surface area contributed by atoms with Crippen LogP contribution in [0, 0.1) is 17.0 Å². The number of ether oxygens (including phenoxy) is 3. The van der Waals surface area contributed by atoms with Crippen molar-refractivity contribution in [3.8, 4) is 0 Å². The van der Waals surface area contributed by atoms with Crippen LogP contribution in [0.3, 0.4) is 0 Å². The summed E-state index contributed by atoms with van der Waals surface area (Å²) in [6.07, 6.45) is -1.65. The van der Waals surface area contributed by atoms with Crippen LogP contribution >= 0.6 is 0 Å². The van der Waals surface area contributed by atoms with Crippen molar-refractivity contribution in [2.45, 2.75) is 65.2 Å². The van der Waals surface area contributed by atoms with Crippen LogP contribution in [0.5, 0.6) is 0 Å². The Hall–Kier alpha value is -3.48. The molecule has 2 aliphatic rings. The van der Waals surface area contributed by atoms with E-state index in [1.807, 2.05) is 0 Å². The second kappa shape index (κ2) is 12.4. The van der Waals surface area contributed by atoms with Gasteiger partial charge in [-0.05, 0) is 40.5 Å². The number of hydrogen-bond donors (Lipinski definition) is 2. The number of methoxy groups -OCH3 is 1. The van der Waals surface area contributed by atoms with Crippen molar-refractivity contribution in [1.82, 2.24) is 10.6 Å². The SMILES string of the molecule is COCC1(C(=O)C(C)NC(=O)OC(C)(C)C)CCN(c2c(F)cc(N3C[C@H](CNC(C)=O)OC3=O)cc2F)CC1. The van der Waals surface area contributed by atoms with Crippen LogP contribution in [0.2, 0.25) is 0 Å². The Labute approximate surface area is 232 Å². The minimum atomic E-state index is -0.963. The van der Waals surface area contributed by atoms with Gasteiger partial charge in [-0.2, -0.15) is 0 Å². The van der Waals surface area contributed by atoms with Crippen molar-refractivity contribution in [1.29, 1.82) is 0 Å². The Balaban J connectivity index is 1.70. The Morgan fingerprint density at radius 3 is 2.30 bits per heavy atom. The molecule has 0 aliphatic carbocycles. The Morgan fingerprint density at radius 1 is 1.18 bits per heavy atom. The highest BCUT2D eigenvalue weighted by molar-refractivity contribution is 5.92. The lowest BCUT2D eigenvalue weighted by atomic mass is 9.73. The number of nitrogens with zero attached hydrogens (tertiary/aromatic N) is 2. The fourth-order valence-corrected chi connectivity index (χ4v) is 5.01. The molecule has 1 aromatic carbocycles. The summed E-state index contributed by atoms with van der Waals surface area (Å²) in [6, 6.07) is 1.27. The fraction of sp³-hybridized carbons (Fsp3) is 0.630. The highest BCUT2D eigenvalue weighted by atomic mass is 19.1. The van der Waals surface area contributed by atoms with Crippen molar-refractivity contribution in [3.63, 3.8) is 0 Å². The number of cyclic esters (lactones) is 1. The maximum absolute atomic E-state index is 15.3. The zero-order chi connectivity index (χ0) is 29.8. The van der Waals surface area contributed by atoms with Crippen LogP contribution in [-0.4, -0.2) is 81.5 Å². The van der Waals surface area contributed by atoms with Gasteiger partial charge < -0.3 is 29.7 Å². The third kappa shape index (κ3) is 7.38. The number of carbonyl (C=O) groups is 4. The first kappa shape index (κ1) is 31.1. The van der Waals surface area contributed by atoms with Crippen LogP contribution in [0.1, 0.15) is 47.5 Å². The number of rotatable bonds is 9. The minimum absolute atomic E-state index is 0.00275. The van der Waals surface area contributed by atoms with Gasteiger partial charge in [0.15, 0.2) is 17.4 Å². The first-order chi connectivity index (χ1) is 18.7. The minimum Gasteiger partial charge on any atom is -0.444 e. The first-order valence-corrected chi connectivity index (χ1v) is 13.1. The maximum atomic E-state index is 15.3. The lowest BCUT2D eigenvalue weighted by Crippen LogP contribution is -2.54. The lowest BCUT2D eigenvalue weighted by Gasteiger charge is -2.42. The summed E-state index contributed by atoms with van der Waals surface area (Å²) < 4.78 is 46.3. The van der Waals surface area contributed by atoms with E-state index < -0.39 is 47.0 Å². The number of hydrogen-bond acceptors (Lipinski definition) is 8. The van der Waals surface area contributed by atoms with Crippen molar-refractivity contribution < 1.29 is 42.2 Å². The highest BCUT2D eigenvalue weighted by Crippen LogP contribution is 2.38. The monoisotopic (exact) mass is 568 g/mol. The Morgan fingerprint density at radius 2 is 1.77 bits per heavy atom. The van der Waals surface area contributed by atoms with E-state index in [0.717, 1.165) is 17.0 Å². The van der Waals surface area contributed by atoms with E-state index in [1.54, 1.807) is 27.7 Å². The summed E-state index contributed by atoms with van der Waals surface area (Å²) in [7, 11) is 1.47. The second-order valence-electron chi connectivity index (χ2n) is 11.2. The molecular formula is C27H38F2N4O7. The Bertz CT molecular complexity index is 1110. The van der Waals surface area contributed by atoms with Gasteiger partial charge in [-0.3, -0.25) is 14.5 Å². The molecule has 40 heavy (non-hydrogen) atoms. The molecule has 0 aromatic heterocycles. The van der Waals surface area contributed by atoms with E-state index in [4.69, 9.17) is 14.2 Å². The van der Waals surface area contributed by atoms with Crippen LogP contribution in [0.15, 0.2) is 12.1 Å². The molecule has 2 aliphatic heterocycles. The molecule has 3 rings (SSSR count). The van der Waals surface area contributed by atoms with Gasteiger partial charge in [0.1, 0.15) is 17.4 Å². The van der Waals surface area contributed by atoms with Crippen molar-refractivity contribution in [3.05, 3.63) is 23.8 Å². The second-order valence-corrected chi connectivity index (χ2v) is 11.2. The number of alkyl carbamates (subject to hydrolysis) is 1. The molecule has 2 N–H and O–H groups in total. The number of carbonyl (C=O) groups excluding carboxylic acids is 4. The standard InChI is InChI=1S/C27H38F2N4O7/c1-16(31-24(36)40-26(3,4)5)23(35)27(15-38-6)7-9-32(10-8-27)22-20(28)11-18(12-21(22)29)33-14-19(39-25(33)37)13-30-17(2)34/h11-12,16,19H,7-10,13-15H2,1-6H3,(H,30,34)(H,31,36)/t16?,19-/m0/s1. The van der Waals surface area contributed by atoms with E-state index >= 15 is 8.78 Å². The van der Waals surface area contributed by atoms with Crippen LogP contribution in [-0.2, 0) is 23.8 Å². The molecule has 2 fully saturated rings. The number of amides is 3. The zero-order valence-corrected chi connectivity index (χ0v) is 23.8. The number of nitrogens with one attached hydrogen (secondary N) is 2. The van der Waals surface area contributed by atoms with Gasteiger partial charge >= 0.3 is 12.2 Å². The molecule has 2 saturated heterocycles. The maximum Gasteiger partial charge on any atom is 0.414 e. The number of anilines is 2. The van der Waals surface area contributed by atoms with Gasteiger partial charge in [0.05, 0.1) is 36.8 Å². The first-order valence-electron chi connectivity index (χ1n) is 13.1. The number of piperidine rings is 1. The van der Waals surface area contributed by atoms with E-state index in [9.17, 15) is 19.2 Å². The summed E-state index contributed by atoms with van der Waals surface area (Å²) in [5, 5.41) is 5.11. The molecule has 0 saturated carbocycles. The predicted octanol–water partition coefficient (Wildman–Crippen LogP) is 3.14. The van der Waals surface area contributed by atoms with E-state index in [2.05, 4.69) is 10.6 Å². The molecule has 1 aromatic rings. The molecule has 11 nitrogen and oxygen atoms in total. The molecule has 3 amide bonds. The van der Waals surface area contributed by atoms with Gasteiger partial charge in [-0.15, -0.1) is 0 Å². The zero-order valence-electron chi connectivity index (χ0n) is 23.8. The summed E-state index contributed by atoms with van der Waals surface area (Å²) in [5.41, 5.74) is -1.95. The normalized spacial score (nSPS) is 19.6. The Kier molecular flexibility index (Phi) is 9.60. The number of halogens is 2. The number of benzene rings is 1. The number of ketones is 1. The fourth-order valence-electron chi connectivity index (χ4n) is 5.01. The van der Waals surface area contributed by atoms with Crippen LogP contribution in [0.25, 0.3) is 0 Å². The topological polar surface area (TPSA) is 127 Å². The summed E-state index contributed by atoms with van der Waals surface area (Å²) in [5.74, 6) is -2.27. The molecule has 2 atom stereocenters. The van der Waals surface area contributed by atoms with Gasteiger partial charge in [0.25, 0.3) is 0 Å². The molecule has 2 heterocycles. The molecule has 222 valence electrons. The quantitative estimate of drug-likeness (QED) is 0.465. The molecule has 13 heteroatoms. The molecule has 0 spiro atoms. The summed E-state index contributed by atoms with van der Waals surface area (Å²) in [4.78, 5) is 51.7. The van der Waals surface area contributed by atoms with Gasteiger partial charge in [0.2, 0.25) is 5.91 Å². The summed E-state index contributed by atoms with van der Waals surface area (Å²) >= 11 is 0. The van der Waals surface area contributed by atoms with Crippen molar-refractivity contribution in [2.24, 2.45) is 5.41 Å². The lowest BCUT2D eigenvalue weighted by molar-refractivity contribution is -0.135. The summed E-state index contributed by atoms with van der Waals surface area (Å²) in [6.45, 7) is 8.56. The van der Waals surface area contributed by atoms with Crippen molar-refractivity contribution in [2.75, 3.05) is 49.7 Å². The molecule has 0 radical (unpaired) electrons. The third-order valence-corrected chi connectivity index (χ3v) is 6.87. The van der Waals surface area contributed by atoms with Gasteiger partial charge in [-0.25, -0.2) is 18.4 Å². The largest absolute Gasteiger partial charge is 0.444 e. The number of Topliss-reactive ketones (excluding diaryl/α,β-unsaturated/α-hetero) is 1. The molecule has 0 bridgehead atoms.